The van der Waals surface area contributed by atoms with E-state index in [0.29, 0.717) is 6.04 Å². The Kier molecular flexibility index (Phi) is 5.86. The highest BCUT2D eigenvalue weighted by Crippen LogP contribution is 2.17. The van der Waals surface area contributed by atoms with Crippen LogP contribution in [0, 0.1) is 0 Å². The Bertz CT molecular complexity index is 213. The third kappa shape index (κ3) is 4.54. The average Bonchev–Trinajstić information content (AvgIpc) is 2.32. The van der Waals surface area contributed by atoms with E-state index in [1.54, 1.807) is 7.11 Å². The topological polar surface area (TPSA) is 27.7 Å². The first-order valence-electron chi connectivity index (χ1n) is 6.63. The molecule has 1 aliphatic rings. The van der Waals surface area contributed by atoms with Crippen molar-refractivity contribution in [2.45, 2.75) is 31.9 Å². The molecule has 0 aliphatic carbocycles. The van der Waals surface area contributed by atoms with Crippen molar-refractivity contribution in [1.82, 2.24) is 15.1 Å². The summed E-state index contributed by atoms with van der Waals surface area (Å²) in [5, 5.41) is 3.38. The summed E-state index contributed by atoms with van der Waals surface area (Å²) in [4.78, 5) is 4.95. The van der Waals surface area contributed by atoms with Crippen LogP contribution in [-0.4, -0.2) is 75.4 Å². The molecule has 0 bridgehead atoms. The lowest BCUT2D eigenvalue weighted by atomic mass is 9.95. The second-order valence-corrected chi connectivity index (χ2v) is 5.58. The highest BCUT2D eigenvalue weighted by atomic mass is 16.5. The maximum atomic E-state index is 5.56. The third-order valence-electron chi connectivity index (χ3n) is 4.04. The summed E-state index contributed by atoms with van der Waals surface area (Å²) in [5.41, 5.74) is -0.0959. The normalized spacial score (nSPS) is 21.7. The van der Waals surface area contributed by atoms with Crippen LogP contribution in [0.15, 0.2) is 0 Å². The fourth-order valence-electron chi connectivity index (χ4n) is 2.36. The Morgan fingerprint density at radius 1 is 1.24 bits per heavy atom. The second kappa shape index (κ2) is 6.69. The van der Waals surface area contributed by atoms with Crippen molar-refractivity contribution in [2.24, 2.45) is 0 Å². The van der Waals surface area contributed by atoms with Gasteiger partial charge in [0.2, 0.25) is 0 Å². The van der Waals surface area contributed by atoms with Gasteiger partial charge in [-0.1, -0.05) is 0 Å². The van der Waals surface area contributed by atoms with Crippen LogP contribution < -0.4 is 5.32 Å². The lowest BCUT2D eigenvalue weighted by Crippen LogP contribution is -2.50. The molecule has 17 heavy (non-hydrogen) atoms. The Hall–Kier alpha value is -0.160. The summed E-state index contributed by atoms with van der Waals surface area (Å²) in [6.45, 7) is 10.2. The monoisotopic (exact) mass is 243 g/mol. The molecule has 0 saturated carbocycles. The number of nitrogens with one attached hydrogen (secondary N) is 1. The first-order chi connectivity index (χ1) is 7.99. The maximum Gasteiger partial charge on any atom is 0.0775 e. The van der Waals surface area contributed by atoms with E-state index in [0.717, 1.165) is 13.0 Å². The van der Waals surface area contributed by atoms with E-state index in [-0.39, 0.29) is 5.60 Å². The van der Waals surface area contributed by atoms with E-state index >= 15 is 0 Å². The Morgan fingerprint density at radius 2 is 1.82 bits per heavy atom. The number of rotatable bonds is 6. The summed E-state index contributed by atoms with van der Waals surface area (Å²) in [5.74, 6) is 0. The van der Waals surface area contributed by atoms with Gasteiger partial charge in [-0.25, -0.2) is 0 Å². The molecule has 4 nitrogen and oxygen atoms in total. The minimum Gasteiger partial charge on any atom is -0.377 e. The summed E-state index contributed by atoms with van der Waals surface area (Å²) in [6, 6.07) is 0.409. The Morgan fingerprint density at radius 3 is 2.29 bits per heavy atom. The molecule has 1 unspecified atom stereocenters. The summed E-state index contributed by atoms with van der Waals surface area (Å²) in [7, 11) is 6.01. The largest absolute Gasteiger partial charge is 0.377 e. The molecule has 4 heteroatoms. The number of nitrogens with zero attached hydrogens (tertiary/aromatic N) is 2. The molecular weight excluding hydrogens is 214 g/mol. The molecule has 1 N–H and O–H groups in total. The van der Waals surface area contributed by atoms with Crippen LogP contribution in [0.3, 0.4) is 0 Å². The van der Waals surface area contributed by atoms with E-state index < -0.39 is 0 Å². The fraction of sp³-hybridized carbons (Fsp3) is 1.00. The SMILES string of the molecule is CNC(CCN1CCN(C)CC1)C(C)(C)OC. The molecule has 0 spiro atoms. The molecule has 0 amide bonds. The van der Waals surface area contributed by atoms with Crippen LogP contribution in [0.1, 0.15) is 20.3 Å². The quantitative estimate of drug-likeness (QED) is 0.741. The van der Waals surface area contributed by atoms with Crippen molar-refractivity contribution >= 4 is 0 Å². The zero-order valence-corrected chi connectivity index (χ0v) is 12.1. The lowest BCUT2D eigenvalue weighted by molar-refractivity contribution is -0.0137. The van der Waals surface area contributed by atoms with Gasteiger partial charge in [-0.05, 0) is 40.9 Å². The number of hydrogen-bond acceptors (Lipinski definition) is 4. The van der Waals surface area contributed by atoms with Gasteiger partial charge in [-0.15, -0.1) is 0 Å². The van der Waals surface area contributed by atoms with E-state index in [4.69, 9.17) is 4.74 Å². The van der Waals surface area contributed by atoms with Crippen molar-refractivity contribution in [3.63, 3.8) is 0 Å². The Labute approximate surface area is 106 Å². The number of methoxy groups -OCH3 is 1. The number of hydrogen-bond donors (Lipinski definition) is 1. The predicted octanol–water partition coefficient (Wildman–Crippen LogP) is 0.637. The summed E-state index contributed by atoms with van der Waals surface area (Å²) < 4.78 is 5.56. The molecular formula is C13H29N3O. The minimum absolute atomic E-state index is 0.0959. The van der Waals surface area contributed by atoms with Crippen LogP contribution >= 0.6 is 0 Å². The first kappa shape index (κ1) is 14.9. The van der Waals surface area contributed by atoms with Crippen LogP contribution in [0.4, 0.5) is 0 Å². The van der Waals surface area contributed by atoms with Crippen LogP contribution in [-0.2, 0) is 4.74 Å². The standard InChI is InChI=1S/C13H29N3O/c1-13(2,17-5)12(14-3)6-7-16-10-8-15(4)9-11-16/h12,14H,6-11H2,1-5H3. The van der Waals surface area contributed by atoms with Crippen molar-refractivity contribution in [3.8, 4) is 0 Å². The summed E-state index contributed by atoms with van der Waals surface area (Å²) in [6.07, 6.45) is 1.14. The molecule has 1 rings (SSSR count). The third-order valence-corrected chi connectivity index (χ3v) is 4.04. The van der Waals surface area contributed by atoms with Crippen LogP contribution in [0.25, 0.3) is 0 Å². The van der Waals surface area contributed by atoms with Crippen LogP contribution in [0.2, 0.25) is 0 Å². The van der Waals surface area contributed by atoms with Gasteiger partial charge in [0.25, 0.3) is 0 Å². The van der Waals surface area contributed by atoms with Gasteiger partial charge in [0.15, 0.2) is 0 Å². The van der Waals surface area contributed by atoms with Gasteiger partial charge in [0.1, 0.15) is 0 Å². The van der Waals surface area contributed by atoms with Crippen molar-refractivity contribution in [3.05, 3.63) is 0 Å². The highest BCUT2D eigenvalue weighted by Gasteiger charge is 2.28. The molecule has 0 radical (unpaired) electrons. The number of likely N-dealkylation sites (N-methyl/N-ethyl adjacent to an activating group) is 2. The molecule has 0 aromatic heterocycles. The minimum atomic E-state index is -0.0959. The average molecular weight is 243 g/mol. The van der Waals surface area contributed by atoms with Gasteiger partial charge in [-0.3, -0.25) is 0 Å². The molecule has 1 heterocycles. The van der Waals surface area contributed by atoms with Gasteiger partial charge < -0.3 is 19.9 Å². The van der Waals surface area contributed by atoms with E-state index in [1.807, 2.05) is 7.05 Å². The Balaban J connectivity index is 2.33. The van der Waals surface area contributed by atoms with Gasteiger partial charge >= 0.3 is 0 Å². The van der Waals surface area contributed by atoms with Crippen molar-refractivity contribution in [2.75, 3.05) is 53.9 Å². The molecule has 1 fully saturated rings. The van der Waals surface area contributed by atoms with E-state index in [1.165, 1.54) is 26.2 Å². The first-order valence-corrected chi connectivity index (χ1v) is 6.63. The molecule has 0 aromatic carbocycles. The lowest BCUT2D eigenvalue weighted by Gasteiger charge is -2.36. The number of ether oxygens (including phenoxy) is 1. The highest BCUT2D eigenvalue weighted by molar-refractivity contribution is 4.85. The molecule has 1 aliphatic heterocycles. The number of piperazine rings is 1. The summed E-state index contributed by atoms with van der Waals surface area (Å²) >= 11 is 0. The predicted molar refractivity (Wildman–Crippen MR) is 72.5 cm³/mol. The van der Waals surface area contributed by atoms with Crippen molar-refractivity contribution in [1.29, 1.82) is 0 Å². The van der Waals surface area contributed by atoms with Gasteiger partial charge in [-0.2, -0.15) is 0 Å². The maximum absolute atomic E-state index is 5.56. The fourth-order valence-corrected chi connectivity index (χ4v) is 2.36. The van der Waals surface area contributed by atoms with E-state index in [9.17, 15) is 0 Å². The van der Waals surface area contributed by atoms with Gasteiger partial charge in [0.05, 0.1) is 5.60 Å². The van der Waals surface area contributed by atoms with E-state index in [2.05, 4.69) is 36.0 Å². The molecule has 102 valence electrons. The van der Waals surface area contributed by atoms with Gasteiger partial charge in [0, 0.05) is 39.3 Å². The van der Waals surface area contributed by atoms with Crippen LogP contribution in [0.5, 0.6) is 0 Å². The smallest absolute Gasteiger partial charge is 0.0775 e. The molecule has 0 aromatic rings. The van der Waals surface area contributed by atoms with Crippen molar-refractivity contribution < 1.29 is 4.74 Å². The molecule has 1 saturated heterocycles. The molecule has 1 atom stereocenters. The second-order valence-electron chi connectivity index (χ2n) is 5.58. The zero-order valence-electron chi connectivity index (χ0n) is 12.1. The zero-order chi connectivity index (χ0) is 12.9.